The molecule has 1 aromatic rings. The first-order chi connectivity index (χ1) is 9.61. The number of carbonyl (C=O) groups is 2. The largest absolute Gasteiger partial charge is 0.466 e. The number of hydrogen-bond donors (Lipinski definition) is 0. The van der Waals surface area contributed by atoms with E-state index in [9.17, 15) is 9.59 Å². The molecule has 0 heterocycles. The number of benzene rings is 1. The van der Waals surface area contributed by atoms with Crippen molar-refractivity contribution >= 4 is 23.5 Å². The zero-order valence-corrected chi connectivity index (χ0v) is 12.2. The second-order valence-electron chi connectivity index (χ2n) is 4.80. The second-order valence-corrected chi connectivity index (χ2v) is 5.23. The molecule has 0 spiro atoms. The fraction of sp³-hybridized carbons (Fsp3) is 0.467. The summed E-state index contributed by atoms with van der Waals surface area (Å²) in [5.74, 6) is -0.337. The molecule has 4 nitrogen and oxygen atoms in total. The topological polar surface area (TPSA) is 46.6 Å². The molecule has 20 heavy (non-hydrogen) atoms. The van der Waals surface area contributed by atoms with Crippen molar-refractivity contribution in [2.45, 2.75) is 32.2 Å². The molecule has 108 valence electrons. The summed E-state index contributed by atoms with van der Waals surface area (Å²) >= 11 is 5.91. The van der Waals surface area contributed by atoms with Gasteiger partial charge in [-0.15, -0.1) is 0 Å². The van der Waals surface area contributed by atoms with E-state index < -0.39 is 0 Å². The molecule has 0 saturated heterocycles. The fourth-order valence-electron chi connectivity index (χ4n) is 2.07. The number of ether oxygens (including phenoxy) is 1. The van der Waals surface area contributed by atoms with E-state index in [0.29, 0.717) is 23.7 Å². The van der Waals surface area contributed by atoms with Gasteiger partial charge in [-0.1, -0.05) is 17.7 Å². The Morgan fingerprint density at radius 1 is 1.40 bits per heavy atom. The van der Waals surface area contributed by atoms with Gasteiger partial charge in [-0.3, -0.25) is 9.59 Å². The van der Waals surface area contributed by atoms with E-state index in [1.165, 1.54) is 0 Å². The lowest BCUT2D eigenvalue weighted by Crippen LogP contribution is -2.35. The summed E-state index contributed by atoms with van der Waals surface area (Å²) in [7, 11) is 0. The fourth-order valence-corrected chi connectivity index (χ4v) is 2.26. The Morgan fingerprint density at radius 3 is 2.75 bits per heavy atom. The SMILES string of the molecule is CCOC(=O)CCN(C(=O)c1cccc(Cl)c1)C1CC1. The van der Waals surface area contributed by atoms with Crippen molar-refractivity contribution in [2.75, 3.05) is 13.2 Å². The van der Waals surface area contributed by atoms with Crippen molar-refractivity contribution in [2.24, 2.45) is 0 Å². The van der Waals surface area contributed by atoms with Crippen LogP contribution in [0.4, 0.5) is 0 Å². The minimum atomic E-state index is -0.267. The minimum Gasteiger partial charge on any atom is -0.466 e. The van der Waals surface area contributed by atoms with E-state index in [-0.39, 0.29) is 24.3 Å². The highest BCUT2D eigenvalue weighted by Gasteiger charge is 2.33. The third-order valence-electron chi connectivity index (χ3n) is 3.18. The van der Waals surface area contributed by atoms with Crippen LogP contribution in [0, 0.1) is 0 Å². The van der Waals surface area contributed by atoms with E-state index >= 15 is 0 Å². The van der Waals surface area contributed by atoms with Crippen LogP contribution in [0.25, 0.3) is 0 Å². The molecule has 1 amide bonds. The predicted octanol–water partition coefficient (Wildman–Crippen LogP) is 2.90. The van der Waals surface area contributed by atoms with Crippen LogP contribution in [0.3, 0.4) is 0 Å². The maximum Gasteiger partial charge on any atom is 0.307 e. The lowest BCUT2D eigenvalue weighted by Gasteiger charge is -2.22. The minimum absolute atomic E-state index is 0.0701. The van der Waals surface area contributed by atoms with Crippen LogP contribution < -0.4 is 0 Å². The molecule has 0 aromatic heterocycles. The molecule has 5 heteroatoms. The average molecular weight is 296 g/mol. The Morgan fingerprint density at radius 2 is 2.15 bits per heavy atom. The predicted molar refractivity (Wildman–Crippen MR) is 76.8 cm³/mol. The number of nitrogens with zero attached hydrogens (tertiary/aromatic N) is 1. The van der Waals surface area contributed by atoms with E-state index in [4.69, 9.17) is 16.3 Å². The molecule has 0 radical (unpaired) electrons. The third-order valence-corrected chi connectivity index (χ3v) is 3.42. The lowest BCUT2D eigenvalue weighted by atomic mass is 10.2. The molecule has 1 aromatic carbocycles. The Kier molecular flexibility index (Phi) is 5.01. The van der Waals surface area contributed by atoms with Gasteiger partial charge in [0, 0.05) is 23.2 Å². The number of hydrogen-bond acceptors (Lipinski definition) is 3. The van der Waals surface area contributed by atoms with Crippen LogP contribution in [-0.2, 0) is 9.53 Å². The first-order valence-electron chi connectivity index (χ1n) is 6.84. The number of esters is 1. The van der Waals surface area contributed by atoms with Crippen molar-refractivity contribution < 1.29 is 14.3 Å². The molecule has 1 fully saturated rings. The zero-order chi connectivity index (χ0) is 14.5. The number of carbonyl (C=O) groups excluding carboxylic acids is 2. The van der Waals surface area contributed by atoms with Crippen LogP contribution >= 0.6 is 11.6 Å². The molecular formula is C15H18ClNO3. The molecule has 0 unspecified atom stereocenters. The maximum atomic E-state index is 12.5. The van der Waals surface area contributed by atoms with Gasteiger partial charge in [0.05, 0.1) is 13.0 Å². The highest BCUT2D eigenvalue weighted by atomic mass is 35.5. The van der Waals surface area contributed by atoms with Crippen molar-refractivity contribution in [3.05, 3.63) is 34.9 Å². The Bertz CT molecular complexity index is 500. The number of rotatable bonds is 6. The van der Waals surface area contributed by atoms with Crippen molar-refractivity contribution in [1.29, 1.82) is 0 Å². The highest BCUT2D eigenvalue weighted by Crippen LogP contribution is 2.28. The van der Waals surface area contributed by atoms with Gasteiger partial charge in [0.1, 0.15) is 0 Å². The second kappa shape index (κ2) is 6.75. The van der Waals surface area contributed by atoms with Gasteiger partial charge >= 0.3 is 5.97 Å². The van der Waals surface area contributed by atoms with Crippen molar-refractivity contribution in [3.63, 3.8) is 0 Å². The molecule has 1 aliphatic rings. The first-order valence-corrected chi connectivity index (χ1v) is 7.21. The number of halogens is 1. The molecule has 0 aliphatic heterocycles. The van der Waals surface area contributed by atoms with Crippen LogP contribution in [0.5, 0.6) is 0 Å². The molecule has 0 bridgehead atoms. The average Bonchev–Trinajstić information content (AvgIpc) is 3.23. The summed E-state index contributed by atoms with van der Waals surface area (Å²) in [6.07, 6.45) is 2.22. The van der Waals surface area contributed by atoms with Crippen LogP contribution in [0.1, 0.15) is 36.5 Å². The summed E-state index contributed by atoms with van der Waals surface area (Å²) < 4.78 is 4.90. The molecule has 1 saturated carbocycles. The highest BCUT2D eigenvalue weighted by molar-refractivity contribution is 6.30. The maximum absolute atomic E-state index is 12.5. The quantitative estimate of drug-likeness (QED) is 0.758. The summed E-state index contributed by atoms with van der Waals surface area (Å²) in [4.78, 5) is 25.6. The van der Waals surface area contributed by atoms with Gasteiger partial charge in [-0.25, -0.2) is 0 Å². The van der Waals surface area contributed by atoms with E-state index in [1.54, 1.807) is 36.1 Å². The van der Waals surface area contributed by atoms with Crippen molar-refractivity contribution in [3.8, 4) is 0 Å². The van der Waals surface area contributed by atoms with E-state index in [0.717, 1.165) is 12.8 Å². The van der Waals surface area contributed by atoms with Crippen LogP contribution in [0.15, 0.2) is 24.3 Å². The van der Waals surface area contributed by atoms with Gasteiger partial charge < -0.3 is 9.64 Å². The Balaban J connectivity index is 2.01. The molecule has 0 N–H and O–H groups in total. The van der Waals surface area contributed by atoms with E-state index in [1.807, 2.05) is 0 Å². The summed E-state index contributed by atoms with van der Waals surface area (Å²) in [5, 5.41) is 0.539. The Hall–Kier alpha value is -1.55. The standard InChI is InChI=1S/C15H18ClNO3/c1-2-20-14(18)8-9-17(13-6-7-13)15(19)11-4-3-5-12(16)10-11/h3-5,10,13H,2,6-9H2,1H3. The third kappa shape index (κ3) is 3.97. The smallest absolute Gasteiger partial charge is 0.307 e. The van der Waals surface area contributed by atoms with Crippen molar-refractivity contribution in [1.82, 2.24) is 4.90 Å². The number of amides is 1. The monoisotopic (exact) mass is 295 g/mol. The van der Waals surface area contributed by atoms with Gasteiger partial charge in [0.15, 0.2) is 0 Å². The van der Waals surface area contributed by atoms with E-state index in [2.05, 4.69) is 0 Å². The summed E-state index contributed by atoms with van der Waals surface area (Å²) in [6.45, 7) is 2.53. The van der Waals surface area contributed by atoms with Crippen LogP contribution in [0.2, 0.25) is 5.02 Å². The normalized spacial score (nSPS) is 13.9. The molecule has 0 atom stereocenters. The molecule has 1 aliphatic carbocycles. The summed E-state index contributed by atoms with van der Waals surface area (Å²) in [6, 6.07) is 7.14. The molecule has 2 rings (SSSR count). The zero-order valence-electron chi connectivity index (χ0n) is 11.5. The lowest BCUT2D eigenvalue weighted by molar-refractivity contribution is -0.143. The van der Waals surface area contributed by atoms with Gasteiger partial charge in [0.25, 0.3) is 5.91 Å². The van der Waals surface area contributed by atoms with Gasteiger partial charge in [0.2, 0.25) is 0 Å². The Labute approximate surface area is 123 Å². The first kappa shape index (κ1) is 14.9. The van der Waals surface area contributed by atoms with Crippen LogP contribution in [-0.4, -0.2) is 36.0 Å². The van der Waals surface area contributed by atoms with Gasteiger partial charge in [-0.05, 0) is 38.0 Å². The molecular weight excluding hydrogens is 278 g/mol. The van der Waals surface area contributed by atoms with Gasteiger partial charge in [-0.2, -0.15) is 0 Å². The summed E-state index contributed by atoms with van der Waals surface area (Å²) in [5.41, 5.74) is 0.563.